The monoisotopic (exact) mass is 247 g/mol. The first-order valence-electron chi connectivity index (χ1n) is 5.32. The molecule has 0 spiro atoms. The molecule has 1 aliphatic heterocycles. The standard InChI is InChI=1S/C13H13NS2/c1-2-10(8-14)13-15-9-12(16-13)11-6-4-3-5-7-11/h3-7,12H,2,9H2,1H3/b13-10-. The van der Waals surface area contributed by atoms with Crippen LogP contribution in [0.15, 0.2) is 40.1 Å². The summed E-state index contributed by atoms with van der Waals surface area (Å²) in [4.78, 5) is 0. The van der Waals surface area contributed by atoms with Crippen molar-refractivity contribution in [2.24, 2.45) is 0 Å². The van der Waals surface area contributed by atoms with Gasteiger partial charge in [-0.2, -0.15) is 5.26 Å². The first-order valence-corrected chi connectivity index (χ1v) is 7.19. The molecule has 1 fully saturated rings. The Morgan fingerprint density at radius 3 is 2.81 bits per heavy atom. The van der Waals surface area contributed by atoms with Gasteiger partial charge < -0.3 is 0 Å². The van der Waals surface area contributed by atoms with Crippen molar-refractivity contribution in [1.29, 1.82) is 5.26 Å². The van der Waals surface area contributed by atoms with E-state index in [4.69, 9.17) is 5.26 Å². The molecule has 0 aliphatic carbocycles. The second-order valence-corrected chi connectivity index (χ2v) is 6.06. The Labute approximate surface area is 105 Å². The zero-order valence-corrected chi connectivity index (χ0v) is 10.8. The van der Waals surface area contributed by atoms with Crippen LogP contribution in [0.4, 0.5) is 0 Å². The van der Waals surface area contributed by atoms with Gasteiger partial charge in [-0.15, -0.1) is 23.5 Å². The van der Waals surface area contributed by atoms with Gasteiger partial charge in [0.15, 0.2) is 0 Å². The van der Waals surface area contributed by atoms with Crippen LogP contribution >= 0.6 is 23.5 Å². The molecule has 0 saturated carbocycles. The van der Waals surface area contributed by atoms with Gasteiger partial charge in [0, 0.05) is 16.6 Å². The molecule has 1 heterocycles. The number of nitrogens with zero attached hydrogens (tertiary/aromatic N) is 1. The SMILES string of the molecule is CC/C(C#N)=C1\SCC(c2ccccc2)S1. The van der Waals surface area contributed by atoms with Gasteiger partial charge in [-0.05, 0) is 12.0 Å². The fraction of sp³-hybridized carbons (Fsp3) is 0.308. The third kappa shape index (κ3) is 2.45. The molecule has 82 valence electrons. The Balaban J connectivity index is 2.16. The summed E-state index contributed by atoms with van der Waals surface area (Å²) in [7, 11) is 0. The summed E-state index contributed by atoms with van der Waals surface area (Å²) >= 11 is 3.66. The van der Waals surface area contributed by atoms with E-state index in [1.165, 1.54) is 9.80 Å². The van der Waals surface area contributed by atoms with Crippen LogP contribution in [-0.2, 0) is 0 Å². The fourth-order valence-electron chi connectivity index (χ4n) is 1.61. The van der Waals surface area contributed by atoms with E-state index in [-0.39, 0.29) is 0 Å². The highest BCUT2D eigenvalue weighted by Crippen LogP contribution is 2.51. The van der Waals surface area contributed by atoms with Crippen molar-refractivity contribution < 1.29 is 0 Å². The molecule has 0 N–H and O–H groups in total. The molecule has 0 radical (unpaired) electrons. The Bertz CT molecular complexity index is 431. The smallest absolute Gasteiger partial charge is 0.0964 e. The van der Waals surface area contributed by atoms with E-state index in [0.717, 1.165) is 17.7 Å². The maximum Gasteiger partial charge on any atom is 0.0964 e. The minimum atomic E-state index is 0.510. The maximum atomic E-state index is 9.01. The highest BCUT2D eigenvalue weighted by Gasteiger charge is 2.24. The predicted octanol–water partition coefficient (Wildman–Crippen LogP) is 4.35. The summed E-state index contributed by atoms with van der Waals surface area (Å²) in [5.41, 5.74) is 2.30. The topological polar surface area (TPSA) is 23.8 Å². The van der Waals surface area contributed by atoms with Crippen molar-refractivity contribution >= 4 is 23.5 Å². The molecular weight excluding hydrogens is 234 g/mol. The quantitative estimate of drug-likeness (QED) is 0.726. The molecule has 0 amide bonds. The fourth-order valence-corrected chi connectivity index (χ4v) is 4.65. The van der Waals surface area contributed by atoms with E-state index in [1.807, 2.05) is 36.5 Å². The lowest BCUT2D eigenvalue weighted by molar-refractivity contribution is 1.13. The van der Waals surface area contributed by atoms with E-state index < -0.39 is 0 Å². The summed E-state index contributed by atoms with van der Waals surface area (Å²) in [6.45, 7) is 2.04. The average molecular weight is 247 g/mol. The van der Waals surface area contributed by atoms with Gasteiger partial charge in [0.05, 0.1) is 10.3 Å². The third-order valence-electron chi connectivity index (χ3n) is 2.52. The number of thioether (sulfide) groups is 2. The molecule has 3 heteroatoms. The molecule has 1 saturated heterocycles. The van der Waals surface area contributed by atoms with Crippen molar-refractivity contribution in [2.45, 2.75) is 18.6 Å². The molecule has 1 atom stereocenters. The van der Waals surface area contributed by atoms with E-state index in [1.54, 1.807) is 0 Å². The van der Waals surface area contributed by atoms with Gasteiger partial charge in [-0.3, -0.25) is 0 Å². The van der Waals surface area contributed by atoms with Crippen LogP contribution in [0.3, 0.4) is 0 Å². The Morgan fingerprint density at radius 2 is 2.19 bits per heavy atom. The second kappa shape index (κ2) is 5.47. The first-order chi connectivity index (χ1) is 7.85. The van der Waals surface area contributed by atoms with E-state index in [2.05, 4.69) is 30.3 Å². The van der Waals surface area contributed by atoms with E-state index in [0.29, 0.717) is 5.25 Å². The number of rotatable bonds is 2. The van der Waals surface area contributed by atoms with E-state index >= 15 is 0 Å². The minimum Gasteiger partial charge on any atom is -0.193 e. The van der Waals surface area contributed by atoms with Gasteiger partial charge in [0.25, 0.3) is 0 Å². The van der Waals surface area contributed by atoms with Crippen molar-refractivity contribution in [1.82, 2.24) is 0 Å². The summed E-state index contributed by atoms with van der Waals surface area (Å²) < 4.78 is 1.22. The number of hydrogen-bond donors (Lipinski definition) is 0. The molecule has 2 rings (SSSR count). The van der Waals surface area contributed by atoms with Crippen molar-refractivity contribution in [3.05, 3.63) is 45.7 Å². The molecular formula is C13H13NS2. The van der Waals surface area contributed by atoms with Gasteiger partial charge in [-0.1, -0.05) is 37.3 Å². The van der Waals surface area contributed by atoms with Crippen LogP contribution in [-0.4, -0.2) is 5.75 Å². The molecule has 16 heavy (non-hydrogen) atoms. The van der Waals surface area contributed by atoms with Crippen molar-refractivity contribution in [3.63, 3.8) is 0 Å². The number of benzene rings is 1. The number of nitriles is 1. The van der Waals surface area contributed by atoms with Gasteiger partial charge in [-0.25, -0.2) is 0 Å². The van der Waals surface area contributed by atoms with Crippen molar-refractivity contribution in [2.75, 3.05) is 5.75 Å². The normalized spacial score (nSPS) is 22.9. The minimum absolute atomic E-state index is 0.510. The van der Waals surface area contributed by atoms with Crippen LogP contribution in [0, 0.1) is 11.3 Å². The highest BCUT2D eigenvalue weighted by molar-refractivity contribution is 8.25. The second-order valence-electron chi connectivity index (χ2n) is 3.56. The average Bonchev–Trinajstić information content (AvgIpc) is 2.81. The highest BCUT2D eigenvalue weighted by atomic mass is 32.2. The Hall–Kier alpha value is -0.850. The third-order valence-corrected chi connectivity index (χ3v) is 5.57. The van der Waals surface area contributed by atoms with Crippen LogP contribution in [0.25, 0.3) is 0 Å². The van der Waals surface area contributed by atoms with E-state index in [9.17, 15) is 0 Å². The summed E-state index contributed by atoms with van der Waals surface area (Å²) in [6.07, 6.45) is 0.841. The lowest BCUT2D eigenvalue weighted by Gasteiger charge is -2.06. The largest absolute Gasteiger partial charge is 0.193 e. The summed E-state index contributed by atoms with van der Waals surface area (Å²) in [5.74, 6) is 1.08. The lowest BCUT2D eigenvalue weighted by Crippen LogP contribution is -1.90. The van der Waals surface area contributed by atoms with Gasteiger partial charge in [0.2, 0.25) is 0 Å². The van der Waals surface area contributed by atoms with Crippen molar-refractivity contribution in [3.8, 4) is 6.07 Å². The predicted molar refractivity (Wildman–Crippen MR) is 72.2 cm³/mol. The summed E-state index contributed by atoms with van der Waals surface area (Å²) in [5, 5.41) is 9.52. The number of hydrogen-bond acceptors (Lipinski definition) is 3. The van der Waals surface area contributed by atoms with Crippen LogP contribution < -0.4 is 0 Å². The molecule has 1 nitrogen and oxygen atoms in total. The molecule has 1 aromatic carbocycles. The zero-order chi connectivity index (χ0) is 11.4. The van der Waals surface area contributed by atoms with Crippen LogP contribution in [0.1, 0.15) is 24.2 Å². The van der Waals surface area contributed by atoms with Gasteiger partial charge in [0.1, 0.15) is 0 Å². The van der Waals surface area contributed by atoms with Crippen LogP contribution in [0.2, 0.25) is 0 Å². The maximum absolute atomic E-state index is 9.01. The molecule has 1 unspecified atom stereocenters. The summed E-state index contributed by atoms with van der Waals surface area (Å²) in [6, 6.07) is 12.8. The van der Waals surface area contributed by atoms with Crippen LogP contribution in [0.5, 0.6) is 0 Å². The van der Waals surface area contributed by atoms with Gasteiger partial charge >= 0.3 is 0 Å². The first kappa shape index (κ1) is 11.6. The number of allylic oxidation sites excluding steroid dienone is 1. The molecule has 0 aromatic heterocycles. The molecule has 1 aliphatic rings. The molecule has 0 bridgehead atoms. The Morgan fingerprint density at radius 1 is 1.44 bits per heavy atom. The molecule has 1 aromatic rings. The zero-order valence-electron chi connectivity index (χ0n) is 9.14. The lowest BCUT2D eigenvalue weighted by atomic mass is 10.2. The Kier molecular flexibility index (Phi) is 3.98.